The summed E-state index contributed by atoms with van der Waals surface area (Å²) in [5, 5.41) is 7.10. The molecule has 2 aromatic rings. The quantitative estimate of drug-likeness (QED) is 0.880. The molecule has 4 rings (SSSR count). The van der Waals surface area contributed by atoms with E-state index in [0.29, 0.717) is 27.8 Å². The van der Waals surface area contributed by atoms with Crippen LogP contribution in [0.4, 0.5) is 5.69 Å². The number of rotatable bonds is 2. The lowest BCUT2D eigenvalue weighted by atomic mass is 9.89. The lowest BCUT2D eigenvalue weighted by Crippen LogP contribution is -2.25. The largest absolute Gasteiger partial charge is 0.381 e. The Morgan fingerprint density at radius 1 is 1.04 bits per heavy atom. The maximum Gasteiger partial charge on any atom is 0.206 e. The van der Waals surface area contributed by atoms with E-state index in [1.54, 1.807) is 30.3 Å². The number of nitrogens with one attached hydrogen (secondary N) is 2. The van der Waals surface area contributed by atoms with E-state index >= 15 is 0 Å². The number of hydrogen-bond acceptors (Lipinski definition) is 4. The van der Waals surface area contributed by atoms with Gasteiger partial charge in [0, 0.05) is 23.7 Å². The molecule has 0 amide bonds. The van der Waals surface area contributed by atoms with Crippen molar-refractivity contribution < 1.29 is 8.42 Å². The van der Waals surface area contributed by atoms with E-state index in [1.807, 2.05) is 18.2 Å². The minimum Gasteiger partial charge on any atom is -0.381 e. The molecule has 1 unspecified atom stereocenters. The Morgan fingerprint density at radius 3 is 2.62 bits per heavy atom. The van der Waals surface area contributed by atoms with E-state index in [2.05, 4.69) is 17.6 Å². The van der Waals surface area contributed by atoms with Crippen molar-refractivity contribution in [1.29, 1.82) is 0 Å². The number of benzene rings is 2. The second kappa shape index (κ2) is 5.90. The van der Waals surface area contributed by atoms with Gasteiger partial charge in [-0.15, -0.1) is 0 Å². The topological polar surface area (TPSA) is 58.2 Å². The van der Waals surface area contributed by atoms with Crippen molar-refractivity contribution in [3.05, 3.63) is 54.1 Å². The first kappa shape index (κ1) is 15.7. The molecule has 1 fully saturated rings. The molecule has 1 saturated heterocycles. The summed E-state index contributed by atoms with van der Waals surface area (Å²) in [5.74, 6) is 0.371. The molecule has 2 aliphatic rings. The predicted molar refractivity (Wildman–Crippen MR) is 95.2 cm³/mol. The van der Waals surface area contributed by atoms with Crippen LogP contribution in [0.1, 0.15) is 31.2 Å². The summed E-state index contributed by atoms with van der Waals surface area (Å²) in [6, 6.07) is 15.0. The lowest BCUT2D eigenvalue weighted by Gasteiger charge is -2.18. The maximum absolute atomic E-state index is 12.9. The predicted octanol–water partition coefficient (Wildman–Crippen LogP) is 3.17. The zero-order chi connectivity index (χ0) is 16.7. The van der Waals surface area contributed by atoms with Crippen LogP contribution >= 0.6 is 0 Å². The Morgan fingerprint density at radius 2 is 1.83 bits per heavy atom. The standard InChI is InChI=1S/C19H22N2O2S/c1-13-11-16-17-12-15(24(22,23)14-5-3-2-4-6-14)7-8-18(17)21-19(16)9-10-20-13/h2-8,12-13,16,19-21H,9-11H2,1H3/t13?,16-,19-/m0/s1. The molecule has 4 nitrogen and oxygen atoms in total. The molecule has 0 spiro atoms. The Labute approximate surface area is 143 Å². The Balaban J connectivity index is 1.75. The van der Waals surface area contributed by atoms with Crippen molar-refractivity contribution in [2.45, 2.75) is 47.6 Å². The SMILES string of the molecule is CC1C[C@H]2c3cc(S(=O)(=O)c4ccccc4)ccc3N[C@H]2CCN1. The van der Waals surface area contributed by atoms with Gasteiger partial charge in [0.25, 0.3) is 0 Å². The molecule has 5 heteroatoms. The van der Waals surface area contributed by atoms with Crippen molar-refractivity contribution >= 4 is 15.5 Å². The summed E-state index contributed by atoms with van der Waals surface area (Å²) in [5.41, 5.74) is 2.23. The summed E-state index contributed by atoms with van der Waals surface area (Å²) >= 11 is 0. The molecule has 0 aliphatic carbocycles. The van der Waals surface area contributed by atoms with Gasteiger partial charge in [0.2, 0.25) is 9.84 Å². The molecule has 2 aromatic carbocycles. The molecule has 0 radical (unpaired) electrons. The minimum absolute atomic E-state index is 0.350. The highest BCUT2D eigenvalue weighted by atomic mass is 32.2. The number of anilines is 1. The zero-order valence-corrected chi connectivity index (χ0v) is 14.5. The van der Waals surface area contributed by atoms with E-state index < -0.39 is 9.84 Å². The van der Waals surface area contributed by atoms with Gasteiger partial charge in [0.15, 0.2) is 0 Å². The summed E-state index contributed by atoms with van der Waals surface area (Å²) in [6.07, 6.45) is 2.09. The van der Waals surface area contributed by atoms with Crippen LogP contribution < -0.4 is 10.6 Å². The molecule has 24 heavy (non-hydrogen) atoms. The third-order valence-electron chi connectivity index (χ3n) is 5.17. The van der Waals surface area contributed by atoms with E-state index in [-0.39, 0.29) is 0 Å². The smallest absolute Gasteiger partial charge is 0.206 e. The summed E-state index contributed by atoms with van der Waals surface area (Å²) in [4.78, 5) is 0.739. The van der Waals surface area contributed by atoms with Gasteiger partial charge in [-0.2, -0.15) is 0 Å². The molecule has 2 heterocycles. The third-order valence-corrected chi connectivity index (χ3v) is 6.94. The second-order valence-corrected chi connectivity index (χ2v) is 8.75. The van der Waals surface area contributed by atoms with Crippen LogP contribution in [0.2, 0.25) is 0 Å². The number of sulfone groups is 1. The van der Waals surface area contributed by atoms with Crippen LogP contribution in [0.25, 0.3) is 0 Å². The first-order valence-corrected chi connectivity index (χ1v) is 9.98. The molecule has 126 valence electrons. The fourth-order valence-corrected chi connectivity index (χ4v) is 5.23. The molecular formula is C19H22N2O2S. The zero-order valence-electron chi connectivity index (χ0n) is 13.7. The summed E-state index contributed by atoms with van der Waals surface area (Å²) in [7, 11) is -3.46. The van der Waals surface area contributed by atoms with E-state index in [1.165, 1.54) is 0 Å². The maximum atomic E-state index is 12.9. The lowest BCUT2D eigenvalue weighted by molar-refractivity contribution is 0.511. The molecule has 2 N–H and O–H groups in total. The van der Waals surface area contributed by atoms with Crippen molar-refractivity contribution in [3.63, 3.8) is 0 Å². The number of fused-ring (bicyclic) bond motifs is 3. The minimum atomic E-state index is -3.46. The van der Waals surface area contributed by atoms with Crippen molar-refractivity contribution in [1.82, 2.24) is 5.32 Å². The first-order chi connectivity index (χ1) is 11.6. The molecule has 0 bridgehead atoms. The van der Waals surface area contributed by atoms with Crippen molar-refractivity contribution in [2.24, 2.45) is 0 Å². The van der Waals surface area contributed by atoms with Crippen LogP contribution in [-0.4, -0.2) is 27.0 Å². The van der Waals surface area contributed by atoms with Crippen molar-refractivity contribution in [3.8, 4) is 0 Å². The first-order valence-electron chi connectivity index (χ1n) is 8.50. The van der Waals surface area contributed by atoms with E-state index in [9.17, 15) is 8.42 Å². The third kappa shape index (κ3) is 2.62. The highest BCUT2D eigenvalue weighted by molar-refractivity contribution is 7.91. The van der Waals surface area contributed by atoms with Gasteiger partial charge < -0.3 is 10.6 Å². The van der Waals surface area contributed by atoms with Gasteiger partial charge in [-0.05, 0) is 62.2 Å². The monoisotopic (exact) mass is 342 g/mol. The van der Waals surface area contributed by atoms with Gasteiger partial charge in [-0.1, -0.05) is 18.2 Å². The molecule has 3 atom stereocenters. The highest BCUT2D eigenvalue weighted by Crippen LogP contribution is 2.42. The van der Waals surface area contributed by atoms with Crippen LogP contribution in [0.5, 0.6) is 0 Å². The number of hydrogen-bond donors (Lipinski definition) is 2. The second-order valence-electron chi connectivity index (χ2n) is 6.80. The van der Waals surface area contributed by atoms with Gasteiger partial charge in [-0.3, -0.25) is 0 Å². The van der Waals surface area contributed by atoms with Gasteiger partial charge in [0.1, 0.15) is 0 Å². The van der Waals surface area contributed by atoms with E-state index in [4.69, 9.17) is 0 Å². The fourth-order valence-electron chi connectivity index (χ4n) is 3.91. The van der Waals surface area contributed by atoms with Crippen LogP contribution in [-0.2, 0) is 9.84 Å². The summed E-state index contributed by atoms with van der Waals surface area (Å²) in [6.45, 7) is 3.20. The Kier molecular flexibility index (Phi) is 3.85. The molecule has 0 aromatic heterocycles. The Hall–Kier alpha value is -1.85. The normalized spacial score (nSPS) is 26.1. The van der Waals surface area contributed by atoms with Gasteiger partial charge in [-0.25, -0.2) is 8.42 Å². The highest BCUT2D eigenvalue weighted by Gasteiger charge is 2.35. The fraction of sp³-hybridized carbons (Fsp3) is 0.368. The van der Waals surface area contributed by atoms with E-state index in [0.717, 1.165) is 30.6 Å². The van der Waals surface area contributed by atoms with Gasteiger partial charge >= 0.3 is 0 Å². The van der Waals surface area contributed by atoms with Gasteiger partial charge in [0.05, 0.1) is 9.79 Å². The molecule has 2 aliphatic heterocycles. The van der Waals surface area contributed by atoms with Crippen LogP contribution in [0, 0.1) is 0 Å². The molecular weight excluding hydrogens is 320 g/mol. The van der Waals surface area contributed by atoms with Crippen LogP contribution in [0.15, 0.2) is 58.3 Å². The van der Waals surface area contributed by atoms with Crippen LogP contribution in [0.3, 0.4) is 0 Å². The Bertz CT molecular complexity index is 849. The summed E-state index contributed by atoms with van der Waals surface area (Å²) < 4.78 is 25.8. The van der Waals surface area contributed by atoms with Crippen molar-refractivity contribution in [2.75, 3.05) is 11.9 Å². The average Bonchev–Trinajstić information content (AvgIpc) is 2.81. The average molecular weight is 342 g/mol. The molecule has 0 saturated carbocycles.